The van der Waals surface area contributed by atoms with E-state index < -0.39 is 29.0 Å². The Hall–Kier alpha value is -1.70. The van der Waals surface area contributed by atoms with Crippen LogP contribution in [-0.4, -0.2) is 38.1 Å². The second-order valence-corrected chi connectivity index (χ2v) is 10.7. The van der Waals surface area contributed by atoms with E-state index in [0.717, 1.165) is 43.2 Å². The molecule has 32 heavy (non-hydrogen) atoms. The molecule has 7 heteroatoms. The molecular weight excluding hydrogens is 490 g/mol. The number of aliphatic hydroxyl groups is 1. The van der Waals surface area contributed by atoms with E-state index in [1.165, 1.54) is 0 Å². The van der Waals surface area contributed by atoms with E-state index in [9.17, 15) is 14.1 Å². The Morgan fingerprint density at radius 1 is 1.09 bits per heavy atom. The van der Waals surface area contributed by atoms with Gasteiger partial charge in [-0.25, -0.2) is 4.79 Å². The van der Waals surface area contributed by atoms with Crippen molar-refractivity contribution in [1.29, 1.82) is 0 Å². The van der Waals surface area contributed by atoms with Crippen LogP contribution in [0.4, 0.5) is 4.79 Å². The zero-order valence-corrected chi connectivity index (χ0v) is 21.2. The average Bonchev–Trinajstić information content (AvgIpc) is 2.79. The summed E-state index contributed by atoms with van der Waals surface area (Å²) in [5.41, 5.74) is 1.97. The summed E-state index contributed by atoms with van der Waals surface area (Å²) in [6.07, 6.45) is 3.56. The molecule has 176 valence electrons. The standard InChI is InChI=1S/C25H34BrNO4S/c1-3-4-5-9-12-22(26)24(27-25(29)31-17-20-10-7-6-8-11-20)23(28)18-32(30)21-15-13-19(2)14-16-21/h6-8,10-11,13-16,22-24,28H,3-5,9,12,17-18H2,1-2H3,(H,27,29)/t22-,23-,24+,32?/m1/s1. The van der Waals surface area contributed by atoms with Gasteiger partial charge in [0.05, 0.1) is 28.7 Å². The number of alkyl carbamates (subject to hydrolysis) is 1. The van der Waals surface area contributed by atoms with Gasteiger partial charge < -0.3 is 15.2 Å². The van der Waals surface area contributed by atoms with Crippen LogP contribution in [0.5, 0.6) is 0 Å². The summed E-state index contributed by atoms with van der Waals surface area (Å²) in [6.45, 7) is 4.27. The maximum atomic E-state index is 12.8. The first-order chi connectivity index (χ1) is 15.4. The SMILES string of the molecule is CCCCCC[C@@H](Br)[C@H](NC(=O)OCc1ccccc1)[C@H](O)CS(=O)c1ccc(C)cc1. The van der Waals surface area contributed by atoms with Crippen molar-refractivity contribution >= 4 is 32.8 Å². The molecule has 2 rings (SSSR count). The second-order valence-electron chi connectivity index (χ2n) is 7.99. The van der Waals surface area contributed by atoms with E-state index in [-0.39, 0.29) is 17.2 Å². The van der Waals surface area contributed by atoms with E-state index in [2.05, 4.69) is 28.2 Å². The summed E-state index contributed by atoms with van der Waals surface area (Å²) < 4.78 is 18.1. The Morgan fingerprint density at radius 2 is 1.78 bits per heavy atom. The number of hydrogen-bond acceptors (Lipinski definition) is 4. The van der Waals surface area contributed by atoms with Gasteiger partial charge in [0.1, 0.15) is 6.61 Å². The number of ether oxygens (including phenoxy) is 1. The van der Waals surface area contributed by atoms with Gasteiger partial charge in [0.15, 0.2) is 0 Å². The first kappa shape index (κ1) is 26.6. The summed E-state index contributed by atoms with van der Waals surface area (Å²) in [7, 11) is -1.38. The van der Waals surface area contributed by atoms with Crippen LogP contribution in [0.1, 0.15) is 50.2 Å². The zero-order valence-electron chi connectivity index (χ0n) is 18.8. The van der Waals surface area contributed by atoms with Crippen molar-refractivity contribution < 1.29 is 18.8 Å². The molecule has 0 aliphatic carbocycles. The molecule has 1 amide bonds. The predicted molar refractivity (Wildman–Crippen MR) is 133 cm³/mol. The first-order valence-corrected chi connectivity index (χ1v) is 13.4. The molecule has 0 spiro atoms. The molecule has 0 fully saturated rings. The minimum Gasteiger partial charge on any atom is -0.445 e. The van der Waals surface area contributed by atoms with E-state index in [1.54, 1.807) is 0 Å². The van der Waals surface area contributed by atoms with Gasteiger partial charge in [0, 0.05) is 9.72 Å². The Balaban J connectivity index is 2.00. The number of hydrogen-bond donors (Lipinski definition) is 2. The van der Waals surface area contributed by atoms with Crippen molar-refractivity contribution in [3.63, 3.8) is 0 Å². The van der Waals surface area contributed by atoms with Crippen LogP contribution in [0, 0.1) is 6.92 Å². The number of unbranched alkanes of at least 4 members (excludes halogenated alkanes) is 3. The van der Waals surface area contributed by atoms with Gasteiger partial charge in [-0.3, -0.25) is 4.21 Å². The molecule has 0 saturated heterocycles. The van der Waals surface area contributed by atoms with Crippen LogP contribution in [-0.2, 0) is 22.1 Å². The molecule has 4 atom stereocenters. The Bertz CT molecular complexity index is 832. The molecule has 2 N–H and O–H groups in total. The average molecular weight is 525 g/mol. The molecule has 0 heterocycles. The fraction of sp³-hybridized carbons (Fsp3) is 0.480. The van der Waals surface area contributed by atoms with Crippen LogP contribution in [0.15, 0.2) is 59.5 Å². The lowest BCUT2D eigenvalue weighted by Gasteiger charge is -2.28. The highest BCUT2D eigenvalue weighted by Crippen LogP contribution is 2.20. The Morgan fingerprint density at radius 3 is 2.44 bits per heavy atom. The van der Waals surface area contributed by atoms with Gasteiger partial charge >= 0.3 is 6.09 Å². The highest BCUT2D eigenvalue weighted by Gasteiger charge is 2.30. The van der Waals surface area contributed by atoms with Gasteiger partial charge in [-0.15, -0.1) is 0 Å². The molecule has 0 saturated carbocycles. The molecule has 2 aromatic rings. The predicted octanol–water partition coefficient (Wildman–Crippen LogP) is 5.49. The number of carbonyl (C=O) groups excluding carboxylic acids is 1. The minimum absolute atomic E-state index is 0.0315. The fourth-order valence-corrected chi connectivity index (χ4v) is 5.28. The van der Waals surface area contributed by atoms with Gasteiger partial charge in [-0.05, 0) is 31.0 Å². The molecule has 0 radical (unpaired) electrons. The van der Waals surface area contributed by atoms with Gasteiger partial charge in [0.25, 0.3) is 0 Å². The highest BCUT2D eigenvalue weighted by atomic mass is 79.9. The normalized spacial score (nSPS) is 14.9. The molecular formula is C25H34BrNO4S. The van der Waals surface area contributed by atoms with E-state index in [4.69, 9.17) is 4.74 Å². The second kappa shape index (κ2) is 14.4. The van der Waals surface area contributed by atoms with Crippen molar-refractivity contribution in [1.82, 2.24) is 5.32 Å². The van der Waals surface area contributed by atoms with Crippen molar-refractivity contribution in [3.8, 4) is 0 Å². The summed E-state index contributed by atoms with van der Waals surface area (Å²) in [4.78, 5) is 13.0. The van der Waals surface area contributed by atoms with E-state index in [0.29, 0.717) is 4.90 Å². The van der Waals surface area contributed by atoms with Gasteiger partial charge in [0.2, 0.25) is 0 Å². The molecule has 0 bridgehead atoms. The maximum absolute atomic E-state index is 12.8. The lowest BCUT2D eigenvalue weighted by Crippen LogP contribution is -2.50. The zero-order chi connectivity index (χ0) is 23.3. The number of rotatable bonds is 13. The third-order valence-corrected chi connectivity index (χ3v) is 7.71. The van der Waals surface area contributed by atoms with Crippen molar-refractivity contribution in [2.45, 2.75) is 74.4 Å². The minimum atomic E-state index is -1.38. The first-order valence-electron chi connectivity index (χ1n) is 11.1. The lowest BCUT2D eigenvalue weighted by molar-refractivity contribution is 0.109. The number of halogens is 1. The summed E-state index contributed by atoms with van der Waals surface area (Å²) in [5, 5.41) is 13.7. The Labute approximate surface area is 202 Å². The smallest absolute Gasteiger partial charge is 0.407 e. The number of aliphatic hydroxyl groups excluding tert-OH is 1. The van der Waals surface area contributed by atoms with Crippen LogP contribution in [0.2, 0.25) is 0 Å². The monoisotopic (exact) mass is 523 g/mol. The summed E-state index contributed by atoms with van der Waals surface area (Å²) in [6, 6.07) is 16.2. The van der Waals surface area contributed by atoms with Crippen LogP contribution in [0.25, 0.3) is 0 Å². The number of benzene rings is 2. The molecule has 0 aliphatic heterocycles. The third kappa shape index (κ3) is 9.43. The van der Waals surface area contributed by atoms with E-state index in [1.807, 2.05) is 61.5 Å². The topological polar surface area (TPSA) is 75.6 Å². The number of alkyl halides is 1. The third-order valence-electron chi connectivity index (χ3n) is 5.24. The fourth-order valence-electron chi connectivity index (χ4n) is 3.32. The maximum Gasteiger partial charge on any atom is 0.407 e. The van der Waals surface area contributed by atoms with Crippen molar-refractivity contribution in [3.05, 3.63) is 65.7 Å². The molecule has 2 aromatic carbocycles. The van der Waals surface area contributed by atoms with Crippen LogP contribution < -0.4 is 5.32 Å². The highest BCUT2D eigenvalue weighted by molar-refractivity contribution is 9.09. The molecule has 0 aliphatic rings. The number of carbonyl (C=O) groups is 1. The lowest BCUT2D eigenvalue weighted by atomic mass is 10.0. The van der Waals surface area contributed by atoms with Gasteiger partial charge in [-0.2, -0.15) is 0 Å². The van der Waals surface area contributed by atoms with Crippen LogP contribution in [0.3, 0.4) is 0 Å². The number of nitrogens with one attached hydrogen (secondary N) is 1. The Kier molecular flexibility index (Phi) is 12.0. The quantitative estimate of drug-likeness (QED) is 0.268. The van der Waals surface area contributed by atoms with Crippen molar-refractivity contribution in [2.75, 3.05) is 5.75 Å². The number of aryl methyl sites for hydroxylation is 1. The number of amides is 1. The molecule has 1 unspecified atom stereocenters. The van der Waals surface area contributed by atoms with Gasteiger partial charge in [-0.1, -0.05) is 96.6 Å². The van der Waals surface area contributed by atoms with Crippen molar-refractivity contribution in [2.24, 2.45) is 0 Å². The molecule has 0 aromatic heterocycles. The summed E-state index contributed by atoms with van der Waals surface area (Å²) >= 11 is 3.65. The summed E-state index contributed by atoms with van der Waals surface area (Å²) in [5.74, 6) is 0.0315. The largest absolute Gasteiger partial charge is 0.445 e. The van der Waals surface area contributed by atoms with Crippen LogP contribution >= 0.6 is 15.9 Å². The molecule has 5 nitrogen and oxygen atoms in total. The van der Waals surface area contributed by atoms with E-state index >= 15 is 0 Å².